The van der Waals surface area contributed by atoms with Crippen LogP contribution < -0.4 is 4.74 Å². The van der Waals surface area contributed by atoms with E-state index in [0.29, 0.717) is 0 Å². The molecule has 0 aliphatic heterocycles. The molecule has 0 aliphatic rings. The lowest BCUT2D eigenvalue weighted by molar-refractivity contribution is 0.316. The third-order valence-electron chi connectivity index (χ3n) is 1.81. The second-order valence-corrected chi connectivity index (χ2v) is 4.33. The molecular formula is C11H16OSi. The van der Waals surface area contributed by atoms with Gasteiger partial charge >= 0.3 is 0 Å². The molecule has 1 nitrogen and oxygen atoms in total. The van der Waals surface area contributed by atoms with Gasteiger partial charge in [0, 0.05) is 15.8 Å². The minimum atomic E-state index is 0.784. The van der Waals surface area contributed by atoms with Gasteiger partial charge < -0.3 is 4.74 Å². The molecule has 0 heterocycles. The molecule has 13 heavy (non-hydrogen) atoms. The Morgan fingerprint density at radius 3 is 2.77 bits per heavy atom. The predicted molar refractivity (Wildman–Crippen MR) is 61.2 cm³/mol. The molecule has 0 unspecified atom stereocenters. The van der Waals surface area contributed by atoms with Crippen LogP contribution in [0.15, 0.2) is 30.8 Å². The van der Waals surface area contributed by atoms with Crippen LogP contribution in [0.2, 0.25) is 0 Å². The third-order valence-corrected chi connectivity index (χ3v) is 2.35. The smallest absolute Gasteiger partial charge is 0.126 e. The van der Waals surface area contributed by atoms with Gasteiger partial charge in [-0.25, -0.2) is 0 Å². The van der Waals surface area contributed by atoms with Crippen molar-refractivity contribution in [3.63, 3.8) is 0 Å². The van der Waals surface area contributed by atoms with Gasteiger partial charge in [-0.1, -0.05) is 30.3 Å². The monoisotopic (exact) mass is 192 g/mol. The first kappa shape index (κ1) is 10.1. The van der Waals surface area contributed by atoms with E-state index in [4.69, 9.17) is 4.74 Å². The van der Waals surface area contributed by atoms with Gasteiger partial charge in [0.1, 0.15) is 5.75 Å². The molecule has 70 valence electrons. The van der Waals surface area contributed by atoms with E-state index in [0.717, 1.165) is 29.0 Å². The molecule has 0 fully saturated rings. The van der Waals surface area contributed by atoms with Crippen molar-refractivity contribution in [2.45, 2.75) is 13.3 Å². The molecule has 0 spiro atoms. The van der Waals surface area contributed by atoms with E-state index in [9.17, 15) is 0 Å². The molecule has 0 radical (unpaired) electrons. The number of benzene rings is 1. The highest BCUT2D eigenvalue weighted by atomic mass is 28.1. The van der Waals surface area contributed by atoms with Crippen LogP contribution in [0.3, 0.4) is 0 Å². The Kier molecular flexibility index (Phi) is 3.77. The van der Waals surface area contributed by atoms with E-state index < -0.39 is 0 Å². The van der Waals surface area contributed by atoms with E-state index in [-0.39, 0.29) is 0 Å². The maximum atomic E-state index is 5.61. The summed E-state index contributed by atoms with van der Waals surface area (Å²) in [6, 6.07) is 8.10. The van der Waals surface area contributed by atoms with Gasteiger partial charge in [-0.05, 0) is 12.5 Å². The van der Waals surface area contributed by atoms with E-state index in [1.807, 2.05) is 18.2 Å². The maximum absolute atomic E-state index is 5.61. The molecular weight excluding hydrogens is 176 g/mol. The summed E-state index contributed by atoms with van der Waals surface area (Å²) >= 11 is 0. The van der Waals surface area contributed by atoms with E-state index >= 15 is 0 Å². The SMILES string of the molecule is C=C([SiH3])c1ccccc1OCCC. The first-order chi connectivity index (χ1) is 6.25. The van der Waals surface area contributed by atoms with Crippen molar-refractivity contribution < 1.29 is 4.74 Å². The van der Waals surface area contributed by atoms with Crippen molar-refractivity contribution >= 4 is 15.4 Å². The summed E-state index contributed by atoms with van der Waals surface area (Å²) in [5.41, 5.74) is 1.17. The summed E-state index contributed by atoms with van der Waals surface area (Å²) in [5, 5.41) is 1.19. The van der Waals surface area contributed by atoms with Crippen molar-refractivity contribution in [3.05, 3.63) is 36.4 Å². The van der Waals surface area contributed by atoms with Gasteiger partial charge in [-0.15, -0.1) is 6.58 Å². The number of hydrogen-bond donors (Lipinski definition) is 0. The number of rotatable bonds is 4. The van der Waals surface area contributed by atoms with Crippen molar-refractivity contribution in [2.24, 2.45) is 0 Å². The molecule has 0 saturated carbocycles. The second-order valence-electron chi connectivity index (χ2n) is 3.12. The molecule has 0 amide bonds. The molecule has 0 atom stereocenters. The van der Waals surface area contributed by atoms with Gasteiger partial charge in [-0.3, -0.25) is 0 Å². The van der Waals surface area contributed by atoms with Crippen molar-refractivity contribution in [3.8, 4) is 5.75 Å². The third kappa shape index (κ3) is 2.74. The van der Waals surface area contributed by atoms with Gasteiger partial charge in [0.2, 0.25) is 0 Å². The number of ether oxygens (including phenoxy) is 1. The molecule has 1 aromatic rings. The van der Waals surface area contributed by atoms with Crippen molar-refractivity contribution in [1.82, 2.24) is 0 Å². The zero-order valence-corrected chi connectivity index (χ0v) is 10.3. The quantitative estimate of drug-likeness (QED) is 0.661. The van der Waals surface area contributed by atoms with Gasteiger partial charge in [0.05, 0.1) is 6.61 Å². The molecule has 0 N–H and O–H groups in total. The van der Waals surface area contributed by atoms with Gasteiger partial charge in [-0.2, -0.15) is 0 Å². The summed E-state index contributed by atoms with van der Waals surface area (Å²) in [4.78, 5) is 0. The first-order valence-corrected chi connectivity index (χ1v) is 5.63. The molecule has 1 aromatic carbocycles. The van der Waals surface area contributed by atoms with Crippen molar-refractivity contribution in [2.75, 3.05) is 6.61 Å². The predicted octanol–water partition coefficient (Wildman–Crippen LogP) is 1.81. The molecule has 0 aliphatic carbocycles. The van der Waals surface area contributed by atoms with Crippen LogP contribution in [0.5, 0.6) is 5.75 Å². The zero-order chi connectivity index (χ0) is 9.68. The minimum Gasteiger partial charge on any atom is -0.493 e. The van der Waals surface area contributed by atoms with E-state index in [2.05, 4.69) is 19.6 Å². The fraction of sp³-hybridized carbons (Fsp3) is 0.273. The Morgan fingerprint density at radius 1 is 1.46 bits per heavy atom. The first-order valence-electron chi connectivity index (χ1n) is 4.63. The lowest BCUT2D eigenvalue weighted by Gasteiger charge is -2.09. The normalized spacial score (nSPS) is 9.92. The van der Waals surface area contributed by atoms with Crippen molar-refractivity contribution in [1.29, 1.82) is 0 Å². The fourth-order valence-corrected chi connectivity index (χ4v) is 1.57. The van der Waals surface area contributed by atoms with Crippen LogP contribution in [-0.2, 0) is 0 Å². The Bertz CT molecular complexity index is 294. The van der Waals surface area contributed by atoms with Crippen LogP contribution in [0, 0.1) is 0 Å². The van der Waals surface area contributed by atoms with E-state index in [1.54, 1.807) is 0 Å². The largest absolute Gasteiger partial charge is 0.493 e. The highest BCUT2D eigenvalue weighted by molar-refractivity contribution is 6.42. The molecule has 2 heteroatoms. The average molecular weight is 192 g/mol. The highest BCUT2D eigenvalue weighted by Crippen LogP contribution is 2.22. The Morgan fingerprint density at radius 2 is 2.15 bits per heavy atom. The van der Waals surface area contributed by atoms with Crippen LogP contribution in [0.25, 0.3) is 5.20 Å². The summed E-state index contributed by atoms with van der Waals surface area (Å²) in [5.74, 6) is 0.976. The number of hydrogen-bond acceptors (Lipinski definition) is 1. The van der Waals surface area contributed by atoms with Crippen LogP contribution in [0.4, 0.5) is 0 Å². The minimum absolute atomic E-state index is 0.784. The molecule has 0 bridgehead atoms. The molecule has 0 saturated heterocycles. The van der Waals surface area contributed by atoms with Crippen LogP contribution in [-0.4, -0.2) is 16.8 Å². The zero-order valence-electron chi connectivity index (χ0n) is 8.34. The Hall–Kier alpha value is -1.02. The fourth-order valence-electron chi connectivity index (χ4n) is 1.16. The Balaban J connectivity index is 2.84. The van der Waals surface area contributed by atoms with Gasteiger partial charge in [0.25, 0.3) is 0 Å². The summed E-state index contributed by atoms with van der Waals surface area (Å²) in [6.45, 7) is 6.87. The standard InChI is InChI=1S/C11H16OSi/c1-3-8-12-11-7-5-4-6-10(11)9(2)13/h4-7H,2-3,8H2,1,13H3. The Labute approximate surface area is 82.9 Å². The molecule has 0 aromatic heterocycles. The van der Waals surface area contributed by atoms with Crippen LogP contribution in [0.1, 0.15) is 18.9 Å². The van der Waals surface area contributed by atoms with E-state index in [1.165, 1.54) is 10.8 Å². The molecule has 1 rings (SSSR count). The van der Waals surface area contributed by atoms with Gasteiger partial charge in [0.15, 0.2) is 0 Å². The van der Waals surface area contributed by atoms with Crippen LogP contribution >= 0.6 is 0 Å². The second kappa shape index (κ2) is 4.87. The summed E-state index contributed by atoms with van der Waals surface area (Å²) < 4.78 is 5.61. The lowest BCUT2D eigenvalue weighted by Crippen LogP contribution is -1.98. The lowest BCUT2D eigenvalue weighted by atomic mass is 10.2. The highest BCUT2D eigenvalue weighted by Gasteiger charge is 2.01. The maximum Gasteiger partial charge on any atom is 0.126 e. The number of para-hydroxylation sites is 1. The summed E-state index contributed by atoms with van der Waals surface area (Å²) in [6.07, 6.45) is 1.04. The topological polar surface area (TPSA) is 9.23 Å². The average Bonchev–Trinajstić information content (AvgIpc) is 2.15. The summed E-state index contributed by atoms with van der Waals surface area (Å²) in [7, 11) is 0.989.